The Bertz CT molecular complexity index is 417. The first-order valence-electron chi connectivity index (χ1n) is 6.63. The molecule has 98 valence electrons. The number of likely N-dealkylation sites (tertiary alicyclic amines) is 1. The number of hydrogen-bond donors (Lipinski definition) is 1. The van der Waals surface area contributed by atoms with Gasteiger partial charge in [0.2, 0.25) is 0 Å². The molecule has 2 rings (SSSR count). The highest BCUT2D eigenvalue weighted by Crippen LogP contribution is 2.22. The average Bonchev–Trinajstić information content (AvgIpc) is 2.74. The van der Waals surface area contributed by atoms with Crippen LogP contribution in [0.15, 0.2) is 24.3 Å². The Morgan fingerprint density at radius 3 is 3.06 bits per heavy atom. The topological polar surface area (TPSA) is 40.5 Å². The highest BCUT2D eigenvalue weighted by atomic mass is 16.4. The zero-order valence-corrected chi connectivity index (χ0v) is 10.9. The van der Waals surface area contributed by atoms with Crippen LogP contribution in [0.25, 0.3) is 0 Å². The van der Waals surface area contributed by atoms with Crippen molar-refractivity contribution in [1.82, 2.24) is 4.90 Å². The monoisotopic (exact) mass is 247 g/mol. The summed E-state index contributed by atoms with van der Waals surface area (Å²) in [5, 5.41) is 8.69. The van der Waals surface area contributed by atoms with Crippen LogP contribution >= 0.6 is 0 Å². The van der Waals surface area contributed by atoms with Gasteiger partial charge in [0, 0.05) is 19.5 Å². The van der Waals surface area contributed by atoms with E-state index in [1.807, 2.05) is 0 Å². The number of carbonyl (C=O) groups is 1. The molecule has 1 heterocycles. The van der Waals surface area contributed by atoms with Crippen molar-refractivity contribution in [1.29, 1.82) is 0 Å². The van der Waals surface area contributed by atoms with Gasteiger partial charge in [-0.05, 0) is 37.8 Å². The van der Waals surface area contributed by atoms with Gasteiger partial charge in [0.15, 0.2) is 0 Å². The number of carboxylic acids is 1. The van der Waals surface area contributed by atoms with Gasteiger partial charge >= 0.3 is 5.97 Å². The summed E-state index contributed by atoms with van der Waals surface area (Å²) in [6.07, 6.45) is 2.27. The summed E-state index contributed by atoms with van der Waals surface area (Å²) < 4.78 is 0. The van der Waals surface area contributed by atoms with Gasteiger partial charge in [0.25, 0.3) is 0 Å². The third kappa shape index (κ3) is 3.84. The number of rotatable bonds is 5. The Hall–Kier alpha value is -1.35. The number of benzene rings is 1. The van der Waals surface area contributed by atoms with E-state index in [9.17, 15) is 4.79 Å². The van der Waals surface area contributed by atoms with E-state index in [2.05, 4.69) is 36.1 Å². The molecular formula is C15H21NO2. The summed E-state index contributed by atoms with van der Waals surface area (Å²) in [6, 6.07) is 8.61. The molecule has 1 N–H and O–H groups in total. The minimum absolute atomic E-state index is 0.308. The van der Waals surface area contributed by atoms with Crippen LogP contribution < -0.4 is 0 Å². The largest absolute Gasteiger partial charge is 0.481 e. The summed E-state index contributed by atoms with van der Waals surface area (Å²) in [5.41, 5.74) is 2.66. The van der Waals surface area contributed by atoms with Crippen LogP contribution in [-0.2, 0) is 11.3 Å². The molecule has 0 bridgehead atoms. The van der Waals surface area contributed by atoms with E-state index in [-0.39, 0.29) is 0 Å². The average molecular weight is 247 g/mol. The van der Waals surface area contributed by atoms with Crippen molar-refractivity contribution in [3.63, 3.8) is 0 Å². The lowest BCUT2D eigenvalue weighted by molar-refractivity contribution is -0.137. The molecule has 1 aromatic rings. The molecule has 18 heavy (non-hydrogen) atoms. The molecule has 0 radical (unpaired) electrons. The van der Waals surface area contributed by atoms with Crippen LogP contribution in [0, 0.1) is 12.8 Å². The second-order valence-electron chi connectivity index (χ2n) is 5.31. The molecule has 1 unspecified atom stereocenters. The zero-order valence-electron chi connectivity index (χ0n) is 10.9. The standard InChI is InChI=1S/C15H21NO2/c1-12-3-2-4-14(9-12)11-16-8-7-13(10-16)5-6-15(17)18/h2-4,9,13H,5-8,10-11H2,1H3,(H,17,18). The quantitative estimate of drug-likeness (QED) is 0.869. The molecule has 1 saturated heterocycles. The molecule has 0 aliphatic carbocycles. The molecule has 1 atom stereocenters. The van der Waals surface area contributed by atoms with Crippen molar-refractivity contribution in [3.05, 3.63) is 35.4 Å². The first kappa shape index (κ1) is 13.1. The lowest BCUT2D eigenvalue weighted by atomic mass is 10.0. The number of aliphatic carboxylic acids is 1. The number of aryl methyl sites for hydroxylation is 1. The Balaban J connectivity index is 1.80. The minimum atomic E-state index is -0.674. The molecule has 3 heteroatoms. The van der Waals surface area contributed by atoms with E-state index in [0.717, 1.165) is 32.5 Å². The smallest absolute Gasteiger partial charge is 0.303 e. The van der Waals surface area contributed by atoms with Gasteiger partial charge in [-0.1, -0.05) is 29.8 Å². The van der Waals surface area contributed by atoms with E-state index in [4.69, 9.17) is 5.11 Å². The van der Waals surface area contributed by atoms with Crippen molar-refractivity contribution in [2.75, 3.05) is 13.1 Å². The Morgan fingerprint density at radius 2 is 2.33 bits per heavy atom. The molecule has 1 aromatic carbocycles. The predicted molar refractivity (Wildman–Crippen MR) is 71.4 cm³/mol. The summed E-state index contributed by atoms with van der Waals surface area (Å²) in [5.74, 6) is -0.113. The van der Waals surface area contributed by atoms with Crippen LogP contribution in [0.1, 0.15) is 30.4 Å². The van der Waals surface area contributed by atoms with Gasteiger partial charge in [0.05, 0.1) is 0 Å². The zero-order chi connectivity index (χ0) is 13.0. The fourth-order valence-corrected chi connectivity index (χ4v) is 2.69. The van der Waals surface area contributed by atoms with E-state index in [1.165, 1.54) is 11.1 Å². The van der Waals surface area contributed by atoms with Crippen molar-refractivity contribution in [2.24, 2.45) is 5.92 Å². The van der Waals surface area contributed by atoms with Crippen LogP contribution in [0.3, 0.4) is 0 Å². The fourth-order valence-electron chi connectivity index (χ4n) is 2.69. The summed E-state index contributed by atoms with van der Waals surface area (Å²) in [4.78, 5) is 13.0. The van der Waals surface area contributed by atoms with E-state index in [0.29, 0.717) is 12.3 Å². The molecule has 1 aliphatic heterocycles. The van der Waals surface area contributed by atoms with Gasteiger partial charge in [-0.3, -0.25) is 9.69 Å². The molecule has 1 aliphatic rings. The van der Waals surface area contributed by atoms with E-state index < -0.39 is 5.97 Å². The fraction of sp³-hybridized carbons (Fsp3) is 0.533. The van der Waals surface area contributed by atoms with E-state index in [1.54, 1.807) is 0 Å². The van der Waals surface area contributed by atoms with Gasteiger partial charge < -0.3 is 5.11 Å². The molecular weight excluding hydrogens is 226 g/mol. The summed E-state index contributed by atoms with van der Waals surface area (Å²) in [7, 11) is 0. The minimum Gasteiger partial charge on any atom is -0.481 e. The molecule has 1 fully saturated rings. The Morgan fingerprint density at radius 1 is 1.50 bits per heavy atom. The lowest BCUT2D eigenvalue weighted by Gasteiger charge is -2.16. The van der Waals surface area contributed by atoms with Crippen molar-refractivity contribution in [2.45, 2.75) is 32.7 Å². The maximum absolute atomic E-state index is 10.6. The maximum Gasteiger partial charge on any atom is 0.303 e. The van der Waals surface area contributed by atoms with Crippen LogP contribution in [0.4, 0.5) is 0 Å². The predicted octanol–water partition coefficient (Wildman–Crippen LogP) is 2.68. The van der Waals surface area contributed by atoms with Crippen LogP contribution in [-0.4, -0.2) is 29.1 Å². The molecule has 0 amide bonds. The summed E-state index contributed by atoms with van der Waals surface area (Å²) >= 11 is 0. The van der Waals surface area contributed by atoms with Crippen molar-refractivity contribution < 1.29 is 9.90 Å². The van der Waals surface area contributed by atoms with Gasteiger partial charge in [0.1, 0.15) is 0 Å². The van der Waals surface area contributed by atoms with E-state index >= 15 is 0 Å². The molecule has 0 spiro atoms. The molecule has 0 aromatic heterocycles. The first-order chi connectivity index (χ1) is 8.63. The van der Waals surface area contributed by atoms with Gasteiger partial charge in [-0.15, -0.1) is 0 Å². The third-order valence-electron chi connectivity index (χ3n) is 3.63. The van der Waals surface area contributed by atoms with Crippen molar-refractivity contribution in [3.8, 4) is 0 Å². The number of nitrogens with zero attached hydrogens (tertiary/aromatic N) is 1. The SMILES string of the molecule is Cc1cccc(CN2CCC(CCC(=O)O)C2)c1. The van der Waals surface area contributed by atoms with Crippen molar-refractivity contribution >= 4 is 5.97 Å². The number of carboxylic acid groups (broad SMARTS) is 1. The van der Waals surface area contributed by atoms with Crippen LogP contribution in [0.2, 0.25) is 0 Å². The summed E-state index contributed by atoms with van der Waals surface area (Å²) in [6.45, 7) is 5.24. The third-order valence-corrected chi connectivity index (χ3v) is 3.63. The highest BCUT2D eigenvalue weighted by molar-refractivity contribution is 5.66. The first-order valence-corrected chi connectivity index (χ1v) is 6.63. The normalized spacial score (nSPS) is 20.2. The highest BCUT2D eigenvalue weighted by Gasteiger charge is 2.22. The molecule has 0 saturated carbocycles. The maximum atomic E-state index is 10.6. The second-order valence-corrected chi connectivity index (χ2v) is 5.31. The van der Waals surface area contributed by atoms with Gasteiger partial charge in [-0.25, -0.2) is 0 Å². The Labute approximate surface area is 108 Å². The Kier molecular flexibility index (Phi) is 4.37. The second kappa shape index (κ2) is 6.01. The lowest BCUT2D eigenvalue weighted by Crippen LogP contribution is -2.20. The molecule has 3 nitrogen and oxygen atoms in total. The van der Waals surface area contributed by atoms with Crippen LogP contribution in [0.5, 0.6) is 0 Å². The number of hydrogen-bond acceptors (Lipinski definition) is 2. The van der Waals surface area contributed by atoms with Gasteiger partial charge in [-0.2, -0.15) is 0 Å².